The molecule has 2 N–H and O–H groups in total. The third kappa shape index (κ3) is 5.99. The predicted octanol–water partition coefficient (Wildman–Crippen LogP) is 3.16. The van der Waals surface area contributed by atoms with Crippen LogP contribution in [0.3, 0.4) is 0 Å². The maximum Gasteiger partial charge on any atom is 0.338 e. The van der Waals surface area contributed by atoms with Gasteiger partial charge < -0.3 is 15.4 Å². The van der Waals surface area contributed by atoms with Gasteiger partial charge in [-0.25, -0.2) is 4.79 Å². The maximum atomic E-state index is 11.9. The number of carbonyl (C=O) groups excluding carboxylic acids is 3. The third-order valence-corrected chi connectivity index (χ3v) is 4.53. The summed E-state index contributed by atoms with van der Waals surface area (Å²) in [6, 6.07) is 11.9. The largest absolute Gasteiger partial charge is 0.452 e. The van der Waals surface area contributed by atoms with Gasteiger partial charge in [0.05, 0.1) is 12.1 Å². The van der Waals surface area contributed by atoms with Gasteiger partial charge in [0, 0.05) is 14.3 Å². The van der Waals surface area contributed by atoms with Gasteiger partial charge in [-0.05, 0) is 71.5 Å². The van der Waals surface area contributed by atoms with Crippen molar-refractivity contribution in [3.8, 4) is 0 Å². The fraction of sp³-hybridized carbons (Fsp3) is 0.167. The average molecular weight is 487 g/mol. The molecule has 0 saturated carbocycles. The molecule has 0 radical (unpaired) electrons. The van der Waals surface area contributed by atoms with E-state index in [-0.39, 0.29) is 6.54 Å². The van der Waals surface area contributed by atoms with E-state index in [1.807, 2.05) is 0 Å². The molecule has 0 aromatic heterocycles. The molecule has 2 aromatic carbocycles. The van der Waals surface area contributed by atoms with Crippen molar-refractivity contribution in [2.45, 2.75) is 6.92 Å². The minimum atomic E-state index is -0.601. The van der Waals surface area contributed by atoms with Crippen molar-refractivity contribution in [1.29, 1.82) is 0 Å². The number of halogens is 2. The van der Waals surface area contributed by atoms with Crippen molar-refractivity contribution in [2.75, 3.05) is 18.5 Å². The maximum absolute atomic E-state index is 11.9. The Bertz CT molecular complexity index is 824. The standard InChI is InChI=1S/C18H16ClIN2O4/c1-11-14(19)3-2-4-15(11)22-16(23)9-21-17(24)10-26-18(25)12-5-7-13(20)8-6-12/h2-8H,9-10H2,1H3,(H,21,24)(H,22,23). The molecule has 0 aliphatic carbocycles. The molecular weight excluding hydrogens is 471 g/mol. The normalized spacial score (nSPS) is 10.1. The van der Waals surface area contributed by atoms with Gasteiger partial charge in [0.15, 0.2) is 6.61 Å². The van der Waals surface area contributed by atoms with Gasteiger partial charge in [-0.3, -0.25) is 9.59 Å². The third-order valence-electron chi connectivity index (χ3n) is 3.40. The summed E-state index contributed by atoms with van der Waals surface area (Å²) in [6.45, 7) is 1.07. The molecule has 2 rings (SSSR count). The van der Waals surface area contributed by atoms with Crippen molar-refractivity contribution < 1.29 is 19.1 Å². The second kappa shape index (κ2) is 9.54. The summed E-state index contributed by atoms with van der Waals surface area (Å²) < 4.78 is 5.90. The number of rotatable bonds is 6. The summed E-state index contributed by atoms with van der Waals surface area (Å²) in [5.41, 5.74) is 1.66. The highest BCUT2D eigenvalue weighted by Crippen LogP contribution is 2.22. The molecule has 6 nitrogen and oxygen atoms in total. The van der Waals surface area contributed by atoms with Crippen molar-refractivity contribution in [3.05, 3.63) is 62.2 Å². The van der Waals surface area contributed by atoms with Crippen LogP contribution in [0.2, 0.25) is 5.02 Å². The molecule has 26 heavy (non-hydrogen) atoms. The van der Waals surface area contributed by atoms with Crippen LogP contribution in [-0.2, 0) is 14.3 Å². The van der Waals surface area contributed by atoms with Crippen LogP contribution in [0, 0.1) is 10.5 Å². The summed E-state index contributed by atoms with van der Waals surface area (Å²) in [7, 11) is 0. The first-order valence-electron chi connectivity index (χ1n) is 7.61. The SMILES string of the molecule is Cc1c(Cl)cccc1NC(=O)CNC(=O)COC(=O)c1ccc(I)cc1. The quantitative estimate of drug-likeness (QED) is 0.485. The first kappa shape index (κ1) is 20.2. The Morgan fingerprint density at radius 1 is 1.08 bits per heavy atom. The van der Waals surface area contributed by atoms with Gasteiger partial charge in [-0.15, -0.1) is 0 Å². The van der Waals surface area contributed by atoms with Crippen molar-refractivity contribution in [3.63, 3.8) is 0 Å². The van der Waals surface area contributed by atoms with Gasteiger partial charge in [0.2, 0.25) is 5.91 Å². The Labute approximate surface area is 169 Å². The van der Waals surface area contributed by atoms with Crippen LogP contribution in [0.5, 0.6) is 0 Å². The molecule has 0 saturated heterocycles. The van der Waals surface area contributed by atoms with Crippen LogP contribution >= 0.6 is 34.2 Å². The summed E-state index contributed by atoms with van der Waals surface area (Å²) in [4.78, 5) is 35.4. The van der Waals surface area contributed by atoms with E-state index in [2.05, 4.69) is 33.2 Å². The Balaban J connectivity index is 1.76. The molecule has 0 heterocycles. The Morgan fingerprint density at radius 3 is 2.46 bits per heavy atom. The lowest BCUT2D eigenvalue weighted by atomic mass is 10.2. The summed E-state index contributed by atoms with van der Waals surface area (Å²) in [6.07, 6.45) is 0. The molecule has 136 valence electrons. The molecule has 0 aliphatic rings. The van der Waals surface area contributed by atoms with E-state index in [4.69, 9.17) is 16.3 Å². The van der Waals surface area contributed by atoms with Crippen LogP contribution in [0.25, 0.3) is 0 Å². The van der Waals surface area contributed by atoms with Crippen LogP contribution in [0.15, 0.2) is 42.5 Å². The zero-order valence-corrected chi connectivity index (χ0v) is 16.8. The van der Waals surface area contributed by atoms with Gasteiger partial charge in [0.1, 0.15) is 0 Å². The summed E-state index contributed by atoms with van der Waals surface area (Å²) in [5, 5.41) is 5.58. The minimum Gasteiger partial charge on any atom is -0.452 e. The number of anilines is 1. The summed E-state index contributed by atoms with van der Waals surface area (Å²) >= 11 is 8.10. The number of hydrogen-bond acceptors (Lipinski definition) is 4. The van der Waals surface area contributed by atoms with Crippen molar-refractivity contribution in [1.82, 2.24) is 5.32 Å². The second-order valence-corrected chi connectivity index (χ2v) is 6.97. The number of nitrogens with one attached hydrogen (secondary N) is 2. The highest BCUT2D eigenvalue weighted by Gasteiger charge is 2.12. The van der Waals surface area contributed by atoms with E-state index in [0.717, 1.165) is 9.13 Å². The lowest BCUT2D eigenvalue weighted by molar-refractivity contribution is -0.126. The number of benzene rings is 2. The van der Waals surface area contributed by atoms with E-state index in [1.165, 1.54) is 0 Å². The molecule has 2 aromatic rings. The Hall–Kier alpha value is -2.13. The first-order valence-corrected chi connectivity index (χ1v) is 9.07. The highest BCUT2D eigenvalue weighted by molar-refractivity contribution is 14.1. The zero-order valence-electron chi connectivity index (χ0n) is 13.8. The fourth-order valence-electron chi connectivity index (χ4n) is 1.97. The van der Waals surface area contributed by atoms with Crippen LogP contribution in [0.1, 0.15) is 15.9 Å². The Morgan fingerprint density at radius 2 is 1.77 bits per heavy atom. The van der Waals surface area contributed by atoms with E-state index in [1.54, 1.807) is 49.4 Å². The van der Waals surface area contributed by atoms with E-state index < -0.39 is 24.4 Å². The Kier molecular flexibility index (Phi) is 7.40. The van der Waals surface area contributed by atoms with Crippen LogP contribution in [-0.4, -0.2) is 30.9 Å². The first-order chi connectivity index (χ1) is 12.4. The molecular formula is C18H16ClIN2O4. The molecule has 0 bridgehead atoms. The zero-order chi connectivity index (χ0) is 19.1. The fourth-order valence-corrected chi connectivity index (χ4v) is 2.50. The topological polar surface area (TPSA) is 84.5 Å². The second-order valence-electron chi connectivity index (χ2n) is 5.32. The lowest BCUT2D eigenvalue weighted by Crippen LogP contribution is -2.35. The number of amides is 2. The number of carbonyl (C=O) groups is 3. The number of esters is 1. The van der Waals surface area contributed by atoms with Gasteiger partial charge in [0.25, 0.3) is 5.91 Å². The highest BCUT2D eigenvalue weighted by atomic mass is 127. The van der Waals surface area contributed by atoms with Gasteiger partial charge in [-0.2, -0.15) is 0 Å². The van der Waals surface area contributed by atoms with Gasteiger partial charge in [-0.1, -0.05) is 17.7 Å². The monoisotopic (exact) mass is 486 g/mol. The van der Waals surface area contributed by atoms with Crippen LogP contribution < -0.4 is 10.6 Å². The smallest absolute Gasteiger partial charge is 0.338 e. The van der Waals surface area contributed by atoms with Crippen molar-refractivity contribution >= 4 is 57.7 Å². The number of ether oxygens (including phenoxy) is 1. The average Bonchev–Trinajstić information content (AvgIpc) is 2.62. The molecule has 0 fully saturated rings. The van der Waals surface area contributed by atoms with Crippen molar-refractivity contribution in [2.24, 2.45) is 0 Å². The minimum absolute atomic E-state index is 0.244. The number of hydrogen-bond donors (Lipinski definition) is 2. The van der Waals surface area contributed by atoms with E-state index in [9.17, 15) is 14.4 Å². The summed E-state index contributed by atoms with van der Waals surface area (Å²) in [5.74, 6) is -1.58. The molecule has 8 heteroatoms. The van der Waals surface area contributed by atoms with E-state index >= 15 is 0 Å². The van der Waals surface area contributed by atoms with Gasteiger partial charge >= 0.3 is 5.97 Å². The lowest BCUT2D eigenvalue weighted by Gasteiger charge is -2.10. The van der Waals surface area contributed by atoms with Crippen LogP contribution in [0.4, 0.5) is 5.69 Å². The van der Waals surface area contributed by atoms with E-state index in [0.29, 0.717) is 16.3 Å². The molecule has 0 aliphatic heterocycles. The molecule has 0 spiro atoms. The predicted molar refractivity (Wildman–Crippen MR) is 107 cm³/mol. The molecule has 0 atom stereocenters. The molecule has 0 unspecified atom stereocenters. The molecule has 2 amide bonds.